The summed E-state index contributed by atoms with van der Waals surface area (Å²) in [5.74, 6) is 0.702. The van der Waals surface area contributed by atoms with Gasteiger partial charge in [-0.3, -0.25) is 4.90 Å². The highest BCUT2D eigenvalue weighted by Gasteiger charge is 2.23. The van der Waals surface area contributed by atoms with Crippen molar-refractivity contribution in [1.82, 2.24) is 4.98 Å². The van der Waals surface area contributed by atoms with Gasteiger partial charge < -0.3 is 0 Å². The Kier molecular flexibility index (Phi) is 5.50. The Balaban J connectivity index is 1.65. The average Bonchev–Trinajstić information content (AvgIpc) is 3.01. The van der Waals surface area contributed by atoms with E-state index in [-0.39, 0.29) is 0 Å². The van der Waals surface area contributed by atoms with E-state index in [2.05, 4.69) is 114 Å². The van der Waals surface area contributed by atoms with Gasteiger partial charge in [0.25, 0.3) is 0 Å². The predicted molar refractivity (Wildman–Crippen MR) is 162 cm³/mol. The van der Waals surface area contributed by atoms with Gasteiger partial charge in [-0.05, 0) is 56.9 Å². The number of benzene rings is 6. The summed E-state index contributed by atoms with van der Waals surface area (Å²) in [4.78, 5) is 6.92. The lowest BCUT2D eigenvalue weighted by Crippen LogP contribution is -2.13. The first-order valence-electron chi connectivity index (χ1n) is 13.0. The zero-order valence-electron chi connectivity index (χ0n) is 21.1. The van der Waals surface area contributed by atoms with Crippen LogP contribution in [0.3, 0.4) is 0 Å². The maximum absolute atomic E-state index is 9.65. The van der Waals surface area contributed by atoms with Crippen LogP contribution in [-0.2, 0) is 0 Å². The van der Waals surface area contributed by atoms with E-state index in [1.165, 1.54) is 32.7 Å². The quantitative estimate of drug-likeness (QED) is 0.227. The molecule has 0 fully saturated rings. The van der Waals surface area contributed by atoms with E-state index in [0.29, 0.717) is 11.5 Å². The van der Waals surface area contributed by atoms with E-state index in [1.807, 2.05) is 30.3 Å². The highest BCUT2D eigenvalue weighted by atomic mass is 15.2. The summed E-state index contributed by atoms with van der Waals surface area (Å²) >= 11 is 0. The van der Waals surface area contributed by atoms with Crippen molar-refractivity contribution in [3.05, 3.63) is 145 Å². The summed E-state index contributed by atoms with van der Waals surface area (Å²) in [6, 6.07) is 50.4. The van der Waals surface area contributed by atoms with Crippen LogP contribution >= 0.6 is 0 Å². The van der Waals surface area contributed by atoms with E-state index in [4.69, 9.17) is 4.98 Å². The fourth-order valence-electron chi connectivity index (χ4n) is 5.64. The fraction of sp³-hybridized carbons (Fsp3) is 0. The normalized spacial score (nSPS) is 11.1. The van der Waals surface area contributed by atoms with Crippen molar-refractivity contribution in [2.75, 3.05) is 4.90 Å². The van der Waals surface area contributed by atoms with Crippen LogP contribution < -0.4 is 4.90 Å². The Morgan fingerprint density at radius 2 is 1.08 bits per heavy atom. The molecular formula is C36H23N3. The Bertz CT molecular complexity index is 1980. The molecule has 0 aliphatic carbocycles. The second-order valence-electron chi connectivity index (χ2n) is 9.51. The van der Waals surface area contributed by atoms with Gasteiger partial charge in [-0.25, -0.2) is 4.98 Å². The molecule has 3 heteroatoms. The Morgan fingerprint density at radius 3 is 1.77 bits per heavy atom. The Labute approximate surface area is 226 Å². The van der Waals surface area contributed by atoms with Crippen LogP contribution in [0, 0.1) is 11.3 Å². The van der Waals surface area contributed by atoms with Crippen LogP contribution in [0.15, 0.2) is 140 Å². The highest BCUT2D eigenvalue weighted by Crippen LogP contribution is 2.48. The third-order valence-corrected chi connectivity index (χ3v) is 7.28. The van der Waals surface area contributed by atoms with Crippen LogP contribution in [0.25, 0.3) is 43.4 Å². The number of nitriles is 1. The Morgan fingerprint density at radius 1 is 0.513 bits per heavy atom. The highest BCUT2D eigenvalue weighted by molar-refractivity contribution is 6.24. The van der Waals surface area contributed by atoms with Crippen molar-refractivity contribution >= 4 is 49.5 Å². The molecule has 1 heterocycles. The van der Waals surface area contributed by atoms with Gasteiger partial charge >= 0.3 is 0 Å². The second-order valence-corrected chi connectivity index (χ2v) is 9.51. The monoisotopic (exact) mass is 497 g/mol. The summed E-state index contributed by atoms with van der Waals surface area (Å²) in [7, 11) is 0. The van der Waals surface area contributed by atoms with Gasteiger partial charge in [-0.15, -0.1) is 0 Å². The number of anilines is 3. The topological polar surface area (TPSA) is 39.9 Å². The minimum atomic E-state index is 0.384. The predicted octanol–water partition coefficient (Wildman–Crippen LogP) is 9.55. The molecule has 0 aliphatic rings. The molecule has 0 aliphatic heterocycles. The maximum Gasteiger partial charge on any atom is 0.142 e. The number of hydrogen-bond acceptors (Lipinski definition) is 3. The lowest BCUT2D eigenvalue weighted by molar-refractivity contribution is 1.17. The first-order valence-corrected chi connectivity index (χ1v) is 13.0. The molecule has 0 spiro atoms. The molecule has 7 rings (SSSR count). The largest absolute Gasteiger partial charge is 0.294 e. The molecule has 0 amide bonds. The van der Waals surface area contributed by atoms with Crippen LogP contribution in [0.5, 0.6) is 0 Å². The first kappa shape index (κ1) is 22.7. The zero-order valence-corrected chi connectivity index (χ0v) is 21.1. The summed E-state index contributed by atoms with van der Waals surface area (Å²) in [5, 5.41) is 16.7. The van der Waals surface area contributed by atoms with Crippen LogP contribution in [0.4, 0.5) is 17.2 Å². The molecular weight excluding hydrogens is 474 g/mol. The average molecular weight is 498 g/mol. The smallest absolute Gasteiger partial charge is 0.142 e. The summed E-state index contributed by atoms with van der Waals surface area (Å²) < 4.78 is 0. The molecule has 182 valence electrons. The molecule has 3 nitrogen and oxygen atoms in total. The van der Waals surface area contributed by atoms with Crippen molar-refractivity contribution in [3.8, 4) is 17.2 Å². The van der Waals surface area contributed by atoms with Crippen molar-refractivity contribution in [2.45, 2.75) is 0 Å². The van der Waals surface area contributed by atoms with Crippen LogP contribution in [-0.4, -0.2) is 4.98 Å². The minimum Gasteiger partial charge on any atom is -0.294 e. The minimum absolute atomic E-state index is 0.384. The SMILES string of the molecule is N#Cc1cccc(N(c2ccccc2)c2c3ccccc3c(-c3cccc4ccccc34)c3ccccc23)n1. The molecule has 0 unspecified atom stereocenters. The van der Waals surface area contributed by atoms with E-state index in [0.717, 1.165) is 22.1 Å². The van der Waals surface area contributed by atoms with Crippen LogP contribution in [0.2, 0.25) is 0 Å². The van der Waals surface area contributed by atoms with Gasteiger partial charge in [0, 0.05) is 16.5 Å². The first-order chi connectivity index (χ1) is 19.3. The van der Waals surface area contributed by atoms with Crippen LogP contribution in [0.1, 0.15) is 5.69 Å². The number of nitrogens with zero attached hydrogens (tertiary/aromatic N) is 3. The van der Waals surface area contributed by atoms with Gasteiger partial charge in [-0.1, -0.05) is 115 Å². The number of hydrogen-bond donors (Lipinski definition) is 0. The molecule has 6 aromatic carbocycles. The molecule has 0 bridgehead atoms. The van der Waals surface area contributed by atoms with E-state index >= 15 is 0 Å². The molecule has 0 atom stereocenters. The molecule has 0 saturated heterocycles. The molecule has 0 N–H and O–H groups in total. The van der Waals surface area contributed by atoms with Crippen molar-refractivity contribution < 1.29 is 0 Å². The standard InChI is InChI=1S/C36H23N3/c37-24-26-14-11-23-34(38-26)39(27-15-2-1-3-16-27)36-32-20-8-6-18-30(32)35(31-19-7-9-21-33(31)36)29-22-10-13-25-12-4-5-17-28(25)29/h1-23H. The number of fused-ring (bicyclic) bond motifs is 3. The molecule has 39 heavy (non-hydrogen) atoms. The number of aromatic nitrogens is 1. The third-order valence-electron chi connectivity index (χ3n) is 7.28. The zero-order chi connectivity index (χ0) is 26.2. The molecule has 0 saturated carbocycles. The second kappa shape index (κ2) is 9.45. The van der Waals surface area contributed by atoms with E-state index in [9.17, 15) is 5.26 Å². The van der Waals surface area contributed by atoms with Crippen molar-refractivity contribution in [2.24, 2.45) is 0 Å². The van der Waals surface area contributed by atoms with Gasteiger partial charge in [0.2, 0.25) is 0 Å². The Hall–Kier alpha value is -5.46. The fourth-order valence-corrected chi connectivity index (χ4v) is 5.64. The molecule has 1 aromatic heterocycles. The van der Waals surface area contributed by atoms with Crippen molar-refractivity contribution in [1.29, 1.82) is 5.26 Å². The molecule has 7 aromatic rings. The summed E-state index contributed by atoms with van der Waals surface area (Å²) in [6.07, 6.45) is 0. The number of rotatable bonds is 4. The number of para-hydroxylation sites is 1. The van der Waals surface area contributed by atoms with Gasteiger partial charge in [0.15, 0.2) is 0 Å². The van der Waals surface area contributed by atoms with Gasteiger partial charge in [0.05, 0.1) is 5.69 Å². The number of pyridine rings is 1. The third kappa shape index (κ3) is 3.79. The van der Waals surface area contributed by atoms with Crippen molar-refractivity contribution in [3.63, 3.8) is 0 Å². The lowest BCUT2D eigenvalue weighted by atomic mass is 9.88. The maximum atomic E-state index is 9.65. The van der Waals surface area contributed by atoms with E-state index < -0.39 is 0 Å². The van der Waals surface area contributed by atoms with Gasteiger partial charge in [-0.2, -0.15) is 5.26 Å². The summed E-state index contributed by atoms with van der Waals surface area (Å²) in [5.41, 5.74) is 4.83. The lowest BCUT2D eigenvalue weighted by Gasteiger charge is -2.28. The van der Waals surface area contributed by atoms with Gasteiger partial charge in [0.1, 0.15) is 17.6 Å². The summed E-state index contributed by atoms with van der Waals surface area (Å²) in [6.45, 7) is 0. The molecule has 0 radical (unpaired) electrons. The van der Waals surface area contributed by atoms with E-state index in [1.54, 1.807) is 6.07 Å².